The molecule has 0 atom stereocenters. The number of halogens is 1. The first-order valence-corrected chi connectivity index (χ1v) is 11.0. The SMILES string of the molecule is CN(C)CCCNC(=O)Cc1nc2cc(F)c(N3CCN(C)CC3)cc2n1C1CC1. The molecule has 1 aromatic carbocycles. The first kappa shape index (κ1) is 21.1. The van der Waals surface area contributed by atoms with Gasteiger partial charge >= 0.3 is 0 Å². The summed E-state index contributed by atoms with van der Waals surface area (Å²) >= 11 is 0. The molecular weight excluding hydrogens is 383 g/mol. The molecule has 0 unspecified atom stereocenters. The van der Waals surface area contributed by atoms with Crippen molar-refractivity contribution in [2.45, 2.75) is 31.7 Å². The Morgan fingerprint density at radius 3 is 2.63 bits per heavy atom. The lowest BCUT2D eigenvalue weighted by molar-refractivity contribution is -0.120. The molecule has 2 aromatic rings. The predicted octanol–water partition coefficient (Wildman–Crippen LogP) is 1.87. The molecule has 1 aliphatic carbocycles. The number of carbonyl (C=O) groups excluding carboxylic acids is 1. The molecule has 4 rings (SSSR count). The van der Waals surface area contributed by atoms with Gasteiger partial charge in [0.2, 0.25) is 5.91 Å². The Bertz CT molecular complexity index is 899. The zero-order chi connectivity index (χ0) is 21.3. The van der Waals surface area contributed by atoms with E-state index in [4.69, 9.17) is 0 Å². The Hall–Kier alpha value is -2.19. The first-order valence-electron chi connectivity index (χ1n) is 11.0. The minimum absolute atomic E-state index is 0.0225. The molecule has 8 heteroatoms. The fraction of sp³-hybridized carbons (Fsp3) is 0.636. The molecule has 1 saturated heterocycles. The number of nitrogens with one attached hydrogen (secondary N) is 1. The highest BCUT2D eigenvalue weighted by Crippen LogP contribution is 2.40. The largest absolute Gasteiger partial charge is 0.367 e. The fourth-order valence-electron chi connectivity index (χ4n) is 4.14. The average Bonchev–Trinajstić information content (AvgIpc) is 3.47. The summed E-state index contributed by atoms with van der Waals surface area (Å²) in [5.41, 5.74) is 2.24. The van der Waals surface area contributed by atoms with Gasteiger partial charge < -0.3 is 24.6 Å². The molecule has 164 valence electrons. The van der Waals surface area contributed by atoms with Crippen LogP contribution in [0, 0.1) is 5.82 Å². The number of anilines is 1. The van der Waals surface area contributed by atoms with E-state index in [9.17, 15) is 9.18 Å². The normalized spacial score (nSPS) is 17.8. The molecule has 1 N–H and O–H groups in total. The summed E-state index contributed by atoms with van der Waals surface area (Å²) in [6, 6.07) is 3.86. The second kappa shape index (κ2) is 8.89. The van der Waals surface area contributed by atoms with Crippen LogP contribution >= 0.6 is 0 Å². The van der Waals surface area contributed by atoms with E-state index in [-0.39, 0.29) is 18.1 Å². The maximum atomic E-state index is 14.9. The van der Waals surface area contributed by atoms with E-state index in [0.29, 0.717) is 23.8 Å². The topological polar surface area (TPSA) is 56.6 Å². The van der Waals surface area contributed by atoms with Crippen LogP contribution in [-0.2, 0) is 11.2 Å². The highest BCUT2D eigenvalue weighted by Gasteiger charge is 2.30. The molecular formula is C22H33FN6O. The number of piperazine rings is 1. The number of aromatic nitrogens is 2. The molecule has 2 aliphatic rings. The number of amides is 1. The maximum Gasteiger partial charge on any atom is 0.227 e. The van der Waals surface area contributed by atoms with Crippen molar-refractivity contribution in [1.29, 1.82) is 0 Å². The van der Waals surface area contributed by atoms with E-state index in [1.165, 1.54) is 0 Å². The zero-order valence-electron chi connectivity index (χ0n) is 18.3. The van der Waals surface area contributed by atoms with Gasteiger partial charge in [-0.15, -0.1) is 0 Å². The van der Waals surface area contributed by atoms with Gasteiger partial charge in [-0.3, -0.25) is 4.79 Å². The summed E-state index contributed by atoms with van der Waals surface area (Å²) in [7, 11) is 6.14. The summed E-state index contributed by atoms with van der Waals surface area (Å²) in [5, 5.41) is 2.99. The van der Waals surface area contributed by atoms with E-state index in [1.807, 2.05) is 20.2 Å². The summed E-state index contributed by atoms with van der Waals surface area (Å²) in [4.78, 5) is 23.6. The van der Waals surface area contributed by atoms with E-state index < -0.39 is 0 Å². The van der Waals surface area contributed by atoms with Crippen molar-refractivity contribution in [1.82, 2.24) is 24.7 Å². The first-order chi connectivity index (χ1) is 14.4. The van der Waals surface area contributed by atoms with E-state index in [1.54, 1.807) is 6.07 Å². The van der Waals surface area contributed by atoms with Crippen molar-refractivity contribution in [3.63, 3.8) is 0 Å². The van der Waals surface area contributed by atoms with Gasteiger partial charge in [0.25, 0.3) is 0 Å². The van der Waals surface area contributed by atoms with Crippen LogP contribution in [0.5, 0.6) is 0 Å². The van der Waals surface area contributed by atoms with Crippen LogP contribution in [0.25, 0.3) is 11.0 Å². The van der Waals surface area contributed by atoms with Gasteiger partial charge in [0.1, 0.15) is 11.6 Å². The summed E-state index contributed by atoms with van der Waals surface area (Å²) in [5.74, 6) is 0.491. The lowest BCUT2D eigenvalue weighted by Gasteiger charge is -2.34. The second-order valence-electron chi connectivity index (χ2n) is 8.90. The highest BCUT2D eigenvalue weighted by molar-refractivity contribution is 5.84. The summed E-state index contributed by atoms with van der Waals surface area (Å²) < 4.78 is 17.1. The van der Waals surface area contributed by atoms with Crippen LogP contribution < -0.4 is 10.2 Å². The van der Waals surface area contributed by atoms with Gasteiger partial charge in [0.15, 0.2) is 0 Å². The van der Waals surface area contributed by atoms with Gasteiger partial charge in [-0.1, -0.05) is 0 Å². The van der Waals surface area contributed by atoms with Crippen LogP contribution in [-0.4, -0.2) is 85.7 Å². The Labute approximate surface area is 177 Å². The minimum Gasteiger partial charge on any atom is -0.367 e. The smallest absolute Gasteiger partial charge is 0.227 e. The van der Waals surface area contributed by atoms with Crippen molar-refractivity contribution in [2.24, 2.45) is 0 Å². The second-order valence-corrected chi connectivity index (χ2v) is 8.90. The average molecular weight is 417 g/mol. The number of fused-ring (bicyclic) bond motifs is 1. The zero-order valence-corrected chi connectivity index (χ0v) is 18.3. The van der Waals surface area contributed by atoms with Crippen LogP contribution in [0.1, 0.15) is 31.1 Å². The number of imidazole rings is 1. The van der Waals surface area contributed by atoms with Crippen LogP contribution in [0.2, 0.25) is 0 Å². The van der Waals surface area contributed by atoms with Crippen molar-refractivity contribution in [3.8, 4) is 0 Å². The van der Waals surface area contributed by atoms with Crippen molar-refractivity contribution in [3.05, 3.63) is 23.8 Å². The van der Waals surface area contributed by atoms with E-state index in [0.717, 1.165) is 63.3 Å². The number of likely N-dealkylation sites (N-methyl/N-ethyl adjacent to an activating group) is 1. The molecule has 1 aliphatic heterocycles. The molecule has 1 aromatic heterocycles. The van der Waals surface area contributed by atoms with Gasteiger partial charge in [-0.2, -0.15) is 0 Å². The van der Waals surface area contributed by atoms with Crippen molar-refractivity contribution >= 4 is 22.6 Å². The molecule has 1 saturated carbocycles. The predicted molar refractivity (Wildman–Crippen MR) is 118 cm³/mol. The summed E-state index contributed by atoms with van der Waals surface area (Å²) in [6.45, 7) is 5.09. The Morgan fingerprint density at radius 1 is 1.23 bits per heavy atom. The van der Waals surface area contributed by atoms with Gasteiger partial charge in [0, 0.05) is 44.8 Å². The number of benzene rings is 1. The molecule has 0 radical (unpaired) electrons. The third kappa shape index (κ3) is 4.75. The Kier molecular flexibility index (Phi) is 6.24. The molecule has 0 bridgehead atoms. The van der Waals surface area contributed by atoms with Crippen molar-refractivity contribution < 1.29 is 9.18 Å². The Balaban J connectivity index is 1.54. The minimum atomic E-state index is -0.229. The Morgan fingerprint density at radius 2 is 1.97 bits per heavy atom. The fourth-order valence-corrected chi connectivity index (χ4v) is 4.14. The lowest BCUT2D eigenvalue weighted by atomic mass is 10.2. The maximum absolute atomic E-state index is 14.9. The summed E-state index contributed by atoms with van der Waals surface area (Å²) in [6.07, 6.45) is 3.32. The molecule has 0 spiro atoms. The van der Waals surface area contributed by atoms with Crippen LogP contribution in [0.4, 0.5) is 10.1 Å². The number of nitrogens with zero attached hydrogens (tertiary/aromatic N) is 5. The molecule has 7 nitrogen and oxygen atoms in total. The molecule has 2 fully saturated rings. The third-order valence-corrected chi connectivity index (χ3v) is 6.01. The van der Waals surface area contributed by atoms with Crippen LogP contribution in [0.15, 0.2) is 12.1 Å². The number of rotatable bonds is 8. The van der Waals surface area contributed by atoms with Gasteiger partial charge in [-0.05, 0) is 53.0 Å². The number of hydrogen-bond donors (Lipinski definition) is 1. The van der Waals surface area contributed by atoms with Gasteiger partial charge in [0.05, 0.1) is 23.1 Å². The van der Waals surface area contributed by atoms with Crippen LogP contribution in [0.3, 0.4) is 0 Å². The molecule has 1 amide bonds. The van der Waals surface area contributed by atoms with Crippen molar-refractivity contribution in [2.75, 3.05) is 65.3 Å². The third-order valence-electron chi connectivity index (χ3n) is 6.01. The lowest BCUT2D eigenvalue weighted by Crippen LogP contribution is -2.44. The quantitative estimate of drug-likeness (QED) is 0.666. The molecule has 2 heterocycles. The monoisotopic (exact) mass is 416 g/mol. The van der Waals surface area contributed by atoms with Gasteiger partial charge in [-0.25, -0.2) is 9.37 Å². The highest BCUT2D eigenvalue weighted by atomic mass is 19.1. The van der Waals surface area contributed by atoms with E-state index in [2.05, 4.69) is 36.6 Å². The molecule has 30 heavy (non-hydrogen) atoms. The van der Waals surface area contributed by atoms with E-state index >= 15 is 0 Å². The number of hydrogen-bond acceptors (Lipinski definition) is 5. The standard InChI is InChI=1S/C22H33FN6O/c1-26(2)8-4-7-24-22(30)15-21-25-18-13-17(23)19(28-11-9-27(3)10-12-28)14-20(18)29(21)16-5-6-16/h13-14,16H,4-12,15H2,1-3H3,(H,24,30). The number of carbonyl (C=O) groups is 1.